The number of nitrogens with zero attached hydrogens (tertiary/aromatic N) is 1. The van der Waals surface area contributed by atoms with Crippen molar-refractivity contribution >= 4 is 29.7 Å². The second kappa shape index (κ2) is 14.7. The molecule has 1 aliphatic heterocycles. The fourth-order valence-electron chi connectivity index (χ4n) is 5.23. The number of ether oxygens (including phenoxy) is 2. The van der Waals surface area contributed by atoms with E-state index in [0.717, 1.165) is 44.9 Å². The fraction of sp³-hybridized carbons (Fsp3) is 0.552. The Morgan fingerprint density at radius 1 is 1.02 bits per heavy atom. The lowest BCUT2D eigenvalue weighted by atomic mass is 10.0. The largest absolute Gasteiger partial charge is 0.467 e. The number of nitrogens with one attached hydrogen (secondary N) is 2. The third-order valence-corrected chi connectivity index (χ3v) is 7.37. The Bertz CT molecular complexity index is 1150. The van der Waals surface area contributed by atoms with Gasteiger partial charge in [0, 0.05) is 26.0 Å². The molecule has 1 aliphatic carbocycles. The lowest BCUT2D eigenvalue weighted by molar-refractivity contribution is -0.163. The van der Waals surface area contributed by atoms with Crippen LogP contribution < -0.4 is 10.6 Å². The zero-order valence-electron chi connectivity index (χ0n) is 23.5. The predicted octanol–water partition coefficient (Wildman–Crippen LogP) is 2.34. The maximum absolute atomic E-state index is 13.9. The van der Waals surface area contributed by atoms with Gasteiger partial charge in [0.25, 0.3) is 0 Å². The first-order valence-electron chi connectivity index (χ1n) is 13.8. The molecule has 3 rings (SSSR count). The first kappa shape index (κ1) is 31.7. The maximum Gasteiger partial charge on any atom is 0.332 e. The van der Waals surface area contributed by atoms with E-state index < -0.39 is 59.6 Å². The van der Waals surface area contributed by atoms with E-state index in [0.29, 0.717) is 25.5 Å². The second-order valence-corrected chi connectivity index (χ2v) is 10.5. The third-order valence-electron chi connectivity index (χ3n) is 7.37. The normalized spacial score (nSPS) is 19.4. The van der Waals surface area contributed by atoms with E-state index in [2.05, 4.69) is 10.6 Å². The van der Waals surface area contributed by atoms with Gasteiger partial charge in [-0.25, -0.2) is 18.4 Å². The molecule has 0 spiro atoms. The van der Waals surface area contributed by atoms with Crippen LogP contribution >= 0.6 is 0 Å². The zero-order valence-corrected chi connectivity index (χ0v) is 23.5. The Kier molecular flexibility index (Phi) is 11.4. The topological polar surface area (TPSA) is 131 Å². The number of rotatable bonds is 11. The Labute approximate surface area is 237 Å². The van der Waals surface area contributed by atoms with Gasteiger partial charge in [0.1, 0.15) is 29.8 Å². The molecule has 0 bridgehead atoms. The molecule has 3 amide bonds. The predicted molar refractivity (Wildman–Crippen MR) is 143 cm³/mol. The van der Waals surface area contributed by atoms with E-state index in [1.165, 1.54) is 24.8 Å². The molecule has 1 heterocycles. The molecule has 2 N–H and O–H groups in total. The monoisotopic (exact) mass is 577 g/mol. The number of benzene rings is 1. The minimum absolute atomic E-state index is 0.0994. The summed E-state index contributed by atoms with van der Waals surface area (Å²) in [4.78, 5) is 64.8. The first-order chi connectivity index (χ1) is 19.5. The number of halogens is 2. The van der Waals surface area contributed by atoms with Crippen LogP contribution in [0, 0.1) is 17.6 Å². The van der Waals surface area contributed by atoms with Crippen molar-refractivity contribution in [3.05, 3.63) is 47.5 Å². The van der Waals surface area contributed by atoms with Crippen LogP contribution in [0.5, 0.6) is 0 Å². The molecule has 1 unspecified atom stereocenters. The summed E-state index contributed by atoms with van der Waals surface area (Å²) in [7, 11) is 1.09. The smallest absolute Gasteiger partial charge is 0.332 e. The number of likely N-dealkylation sites (tertiary alicyclic amines) is 1. The quantitative estimate of drug-likeness (QED) is 0.305. The number of carbonyl (C=O) groups excluding carboxylic acids is 5. The van der Waals surface area contributed by atoms with Crippen LogP contribution in [0.3, 0.4) is 0 Å². The highest BCUT2D eigenvalue weighted by molar-refractivity contribution is 5.94. The lowest BCUT2D eigenvalue weighted by Crippen LogP contribution is -2.56. The fourth-order valence-corrected chi connectivity index (χ4v) is 5.23. The summed E-state index contributed by atoms with van der Waals surface area (Å²) in [6, 6.07) is -0.868. The van der Waals surface area contributed by atoms with E-state index >= 15 is 0 Å². The zero-order chi connectivity index (χ0) is 30.1. The van der Waals surface area contributed by atoms with Crippen molar-refractivity contribution in [1.82, 2.24) is 15.5 Å². The van der Waals surface area contributed by atoms with E-state index in [9.17, 15) is 32.8 Å². The van der Waals surface area contributed by atoms with Gasteiger partial charge in [0.15, 0.2) is 6.04 Å². The average molecular weight is 578 g/mol. The molecule has 1 saturated carbocycles. The summed E-state index contributed by atoms with van der Waals surface area (Å²) in [5.74, 6) is -4.85. The van der Waals surface area contributed by atoms with Crippen LogP contribution in [0.1, 0.15) is 57.9 Å². The SMILES string of the molecule is COC(=O)[C@@H](NC(=O)[C@H](Cc1cc(F)cc(F)c1)NC(=O)/C=C/C1CCCC1)[C@@H](C)OC(=O)C1CCCN1C(C)=O. The highest BCUT2D eigenvalue weighted by Crippen LogP contribution is 2.25. The van der Waals surface area contributed by atoms with E-state index in [-0.39, 0.29) is 23.8 Å². The molecular formula is C29H37F2N3O7. The number of hydrogen-bond donors (Lipinski definition) is 2. The van der Waals surface area contributed by atoms with Gasteiger partial charge in [-0.3, -0.25) is 14.4 Å². The van der Waals surface area contributed by atoms with Crippen molar-refractivity contribution < 1.29 is 42.2 Å². The Morgan fingerprint density at radius 2 is 1.68 bits per heavy atom. The number of amides is 3. The summed E-state index contributed by atoms with van der Waals surface area (Å²) in [6.45, 7) is 3.12. The van der Waals surface area contributed by atoms with Crippen molar-refractivity contribution in [2.75, 3.05) is 13.7 Å². The maximum atomic E-state index is 13.9. The molecule has 0 aromatic heterocycles. The molecule has 1 aromatic rings. The standard InChI is InChI=1S/C29H37F2N3O7/c1-17(41-28(38)24-9-6-12-34(24)18(2)35)26(29(39)40-3)33-27(37)23(15-20-13-21(30)16-22(31)14-20)32-25(36)11-10-19-7-4-5-8-19/h10-11,13-14,16-17,19,23-24,26H,4-9,12,15H2,1-3H3,(H,32,36)(H,33,37)/b11-10+/t17-,23+,24?,26+/m1/s1. The second-order valence-electron chi connectivity index (χ2n) is 10.5. The molecule has 10 nitrogen and oxygen atoms in total. The highest BCUT2D eigenvalue weighted by Gasteiger charge is 2.38. The van der Waals surface area contributed by atoms with E-state index in [4.69, 9.17) is 9.47 Å². The molecule has 41 heavy (non-hydrogen) atoms. The minimum Gasteiger partial charge on any atom is -0.467 e. The first-order valence-corrected chi connectivity index (χ1v) is 13.8. The molecule has 4 atom stereocenters. The third kappa shape index (κ3) is 9.09. The molecule has 12 heteroatoms. The highest BCUT2D eigenvalue weighted by atomic mass is 19.1. The summed E-state index contributed by atoms with van der Waals surface area (Å²) >= 11 is 0. The lowest BCUT2D eigenvalue weighted by Gasteiger charge is -2.28. The van der Waals surface area contributed by atoms with Crippen LogP contribution in [0.25, 0.3) is 0 Å². The van der Waals surface area contributed by atoms with Crippen molar-refractivity contribution in [2.45, 2.75) is 83.0 Å². The minimum atomic E-state index is -1.47. The van der Waals surface area contributed by atoms with Gasteiger partial charge in [0.2, 0.25) is 17.7 Å². The summed E-state index contributed by atoms with van der Waals surface area (Å²) in [5, 5.41) is 5.00. The van der Waals surface area contributed by atoms with Gasteiger partial charge >= 0.3 is 11.9 Å². The Hall–Kier alpha value is -3.83. The molecular weight excluding hydrogens is 540 g/mol. The van der Waals surface area contributed by atoms with Gasteiger partial charge in [-0.2, -0.15) is 0 Å². The molecule has 2 fully saturated rings. The number of esters is 2. The van der Waals surface area contributed by atoms with Crippen LogP contribution in [0.4, 0.5) is 8.78 Å². The van der Waals surface area contributed by atoms with Crippen LogP contribution in [-0.4, -0.2) is 72.4 Å². The molecule has 224 valence electrons. The number of hydrogen-bond acceptors (Lipinski definition) is 7. The van der Waals surface area contributed by atoms with Crippen LogP contribution in [0.15, 0.2) is 30.4 Å². The molecule has 1 aromatic carbocycles. The molecule has 1 saturated heterocycles. The van der Waals surface area contributed by atoms with Gasteiger partial charge < -0.3 is 25.0 Å². The van der Waals surface area contributed by atoms with Gasteiger partial charge in [-0.05, 0) is 62.3 Å². The van der Waals surface area contributed by atoms with Crippen LogP contribution in [0.2, 0.25) is 0 Å². The summed E-state index contributed by atoms with van der Waals surface area (Å²) in [5.41, 5.74) is 0.0994. The van der Waals surface area contributed by atoms with E-state index in [1.807, 2.05) is 0 Å². The van der Waals surface area contributed by atoms with E-state index in [1.54, 1.807) is 6.08 Å². The number of methoxy groups -OCH3 is 1. The van der Waals surface area contributed by atoms with Crippen molar-refractivity contribution in [3.63, 3.8) is 0 Å². The average Bonchev–Trinajstić information content (AvgIpc) is 3.61. The number of allylic oxidation sites excluding steroid dienone is 1. The van der Waals surface area contributed by atoms with Crippen LogP contribution in [-0.2, 0) is 39.9 Å². The van der Waals surface area contributed by atoms with Gasteiger partial charge in [0.05, 0.1) is 7.11 Å². The number of carbonyl (C=O) groups is 5. The van der Waals surface area contributed by atoms with Gasteiger partial charge in [-0.1, -0.05) is 18.9 Å². The van der Waals surface area contributed by atoms with Crippen molar-refractivity contribution in [1.29, 1.82) is 0 Å². The Balaban J connectivity index is 1.76. The molecule has 0 radical (unpaired) electrons. The molecule has 2 aliphatic rings. The van der Waals surface area contributed by atoms with Crippen molar-refractivity contribution in [2.24, 2.45) is 5.92 Å². The van der Waals surface area contributed by atoms with Gasteiger partial charge in [-0.15, -0.1) is 0 Å². The summed E-state index contributed by atoms with van der Waals surface area (Å²) in [6.07, 6.45) is 6.65. The summed E-state index contributed by atoms with van der Waals surface area (Å²) < 4.78 is 38.0. The Morgan fingerprint density at radius 3 is 2.29 bits per heavy atom. The van der Waals surface area contributed by atoms with Crippen molar-refractivity contribution in [3.8, 4) is 0 Å².